The van der Waals surface area contributed by atoms with Crippen LogP contribution in [0.25, 0.3) is 0 Å². The number of amides is 1. The Morgan fingerprint density at radius 1 is 1.47 bits per heavy atom. The lowest BCUT2D eigenvalue weighted by atomic mass is 10.0. The molecule has 2 unspecified atom stereocenters. The van der Waals surface area contributed by atoms with Crippen LogP contribution >= 0.6 is 0 Å². The van der Waals surface area contributed by atoms with Gasteiger partial charge in [0.2, 0.25) is 5.91 Å². The predicted octanol–water partition coefficient (Wildman–Crippen LogP) is 0.702. The number of carbonyl (C=O) groups is 1. The van der Waals surface area contributed by atoms with Gasteiger partial charge in [-0.2, -0.15) is 0 Å². The van der Waals surface area contributed by atoms with Crippen molar-refractivity contribution in [3.63, 3.8) is 0 Å². The maximum absolute atomic E-state index is 12.6. The molecule has 0 saturated carbocycles. The molecular weight excluding hydrogens is 244 g/mol. The maximum Gasteiger partial charge on any atom is 0.233 e. The highest BCUT2D eigenvalue weighted by Crippen LogP contribution is 2.17. The van der Waals surface area contributed by atoms with E-state index in [9.17, 15) is 4.79 Å². The number of amidine groups is 1. The molecule has 0 aromatic heterocycles. The fraction of sp³-hybridized carbons (Fsp3) is 0.846. The highest BCUT2D eigenvalue weighted by atomic mass is 16.4. The van der Waals surface area contributed by atoms with E-state index in [1.54, 1.807) is 0 Å². The van der Waals surface area contributed by atoms with Crippen molar-refractivity contribution in [2.75, 3.05) is 26.7 Å². The van der Waals surface area contributed by atoms with Crippen LogP contribution in [0, 0.1) is 5.92 Å². The van der Waals surface area contributed by atoms with E-state index < -0.39 is 5.92 Å². The molecule has 1 saturated heterocycles. The molecule has 1 heterocycles. The summed E-state index contributed by atoms with van der Waals surface area (Å²) in [4.78, 5) is 16.8. The Morgan fingerprint density at radius 3 is 2.68 bits per heavy atom. The normalized spacial score (nSPS) is 24.1. The summed E-state index contributed by atoms with van der Waals surface area (Å²) >= 11 is 0. The van der Waals surface area contributed by atoms with E-state index >= 15 is 0 Å². The molecule has 1 rings (SSSR count). The molecule has 1 aliphatic heterocycles. The minimum Gasteiger partial charge on any atom is -0.409 e. The Morgan fingerprint density at radius 2 is 2.16 bits per heavy atom. The topological polar surface area (TPSA) is 82.2 Å². The van der Waals surface area contributed by atoms with Crippen molar-refractivity contribution < 1.29 is 10.0 Å². The minimum atomic E-state index is -0.512. The molecule has 1 amide bonds. The van der Waals surface area contributed by atoms with Gasteiger partial charge in [0.1, 0.15) is 0 Å². The SMILES string of the molecule is CCC(C(=O)N1CCCN(C)CC1CC)C(N)=NO. The summed E-state index contributed by atoms with van der Waals surface area (Å²) in [6.07, 6.45) is 2.44. The highest BCUT2D eigenvalue weighted by molar-refractivity contribution is 6.02. The summed E-state index contributed by atoms with van der Waals surface area (Å²) in [6.45, 7) is 6.60. The Balaban J connectivity index is 2.87. The predicted molar refractivity (Wildman–Crippen MR) is 75.1 cm³/mol. The van der Waals surface area contributed by atoms with Gasteiger partial charge in [-0.25, -0.2) is 0 Å². The highest BCUT2D eigenvalue weighted by Gasteiger charge is 2.32. The van der Waals surface area contributed by atoms with Crippen LogP contribution in [0.2, 0.25) is 0 Å². The molecular formula is C13H26N4O2. The fourth-order valence-electron chi connectivity index (χ4n) is 2.66. The van der Waals surface area contributed by atoms with Gasteiger partial charge < -0.3 is 20.7 Å². The average Bonchev–Trinajstić information content (AvgIpc) is 2.60. The van der Waals surface area contributed by atoms with Gasteiger partial charge in [-0.1, -0.05) is 19.0 Å². The van der Waals surface area contributed by atoms with E-state index in [0.29, 0.717) is 6.42 Å². The van der Waals surface area contributed by atoms with Gasteiger partial charge in [0, 0.05) is 19.1 Å². The first-order valence-electron chi connectivity index (χ1n) is 7.01. The molecule has 1 fully saturated rings. The number of oxime groups is 1. The molecule has 0 spiro atoms. The second-order valence-electron chi connectivity index (χ2n) is 5.20. The second-order valence-corrected chi connectivity index (χ2v) is 5.20. The number of hydrogen-bond donors (Lipinski definition) is 2. The first-order chi connectivity index (χ1) is 9.04. The van der Waals surface area contributed by atoms with Crippen LogP contribution < -0.4 is 5.73 Å². The largest absolute Gasteiger partial charge is 0.409 e. The Bertz CT molecular complexity index is 333. The van der Waals surface area contributed by atoms with Gasteiger partial charge in [-0.15, -0.1) is 0 Å². The zero-order valence-electron chi connectivity index (χ0n) is 12.2. The van der Waals surface area contributed by atoms with Gasteiger partial charge in [-0.3, -0.25) is 4.79 Å². The third kappa shape index (κ3) is 3.83. The smallest absolute Gasteiger partial charge is 0.233 e. The van der Waals surface area contributed by atoms with Crippen molar-refractivity contribution in [3.05, 3.63) is 0 Å². The molecule has 0 radical (unpaired) electrons. The molecule has 6 heteroatoms. The lowest BCUT2D eigenvalue weighted by Crippen LogP contribution is -2.48. The zero-order chi connectivity index (χ0) is 14.4. The van der Waals surface area contributed by atoms with E-state index in [-0.39, 0.29) is 17.8 Å². The molecule has 3 N–H and O–H groups in total. The number of likely N-dealkylation sites (N-methyl/N-ethyl adjacent to an activating group) is 1. The summed E-state index contributed by atoms with van der Waals surface area (Å²) in [6, 6.07) is 0.209. The van der Waals surface area contributed by atoms with Crippen LogP contribution in [0.1, 0.15) is 33.1 Å². The average molecular weight is 270 g/mol. The van der Waals surface area contributed by atoms with Crippen molar-refractivity contribution in [2.45, 2.75) is 39.2 Å². The third-order valence-electron chi connectivity index (χ3n) is 3.84. The van der Waals surface area contributed by atoms with Crippen LogP contribution in [0.15, 0.2) is 5.16 Å². The van der Waals surface area contributed by atoms with Gasteiger partial charge in [0.15, 0.2) is 5.84 Å². The number of nitrogens with two attached hydrogens (primary N) is 1. The van der Waals surface area contributed by atoms with E-state index in [4.69, 9.17) is 10.9 Å². The van der Waals surface area contributed by atoms with E-state index in [2.05, 4.69) is 24.0 Å². The molecule has 2 atom stereocenters. The van der Waals surface area contributed by atoms with Crippen LogP contribution in [0.4, 0.5) is 0 Å². The first-order valence-corrected chi connectivity index (χ1v) is 7.01. The number of carbonyl (C=O) groups excluding carboxylic acids is 1. The van der Waals surface area contributed by atoms with Crippen molar-refractivity contribution in [1.29, 1.82) is 0 Å². The van der Waals surface area contributed by atoms with Crippen LogP contribution in [-0.2, 0) is 4.79 Å². The lowest BCUT2D eigenvalue weighted by molar-refractivity contribution is -0.135. The van der Waals surface area contributed by atoms with Crippen molar-refractivity contribution in [1.82, 2.24) is 9.80 Å². The molecule has 19 heavy (non-hydrogen) atoms. The molecule has 0 aromatic carbocycles. The van der Waals surface area contributed by atoms with Crippen molar-refractivity contribution in [3.8, 4) is 0 Å². The fourth-order valence-corrected chi connectivity index (χ4v) is 2.66. The number of rotatable bonds is 4. The monoisotopic (exact) mass is 270 g/mol. The summed E-state index contributed by atoms with van der Waals surface area (Å²) in [7, 11) is 2.08. The van der Waals surface area contributed by atoms with Crippen molar-refractivity contribution in [2.24, 2.45) is 16.8 Å². The van der Waals surface area contributed by atoms with E-state index in [0.717, 1.165) is 32.5 Å². The molecule has 0 bridgehead atoms. The lowest BCUT2D eigenvalue weighted by Gasteiger charge is -2.32. The second kappa shape index (κ2) is 7.33. The summed E-state index contributed by atoms with van der Waals surface area (Å²) in [5.74, 6) is -0.512. The summed E-state index contributed by atoms with van der Waals surface area (Å²) < 4.78 is 0. The van der Waals surface area contributed by atoms with Crippen LogP contribution in [0.5, 0.6) is 0 Å². The Hall–Kier alpha value is -1.30. The number of hydrogen-bond acceptors (Lipinski definition) is 4. The van der Waals surface area contributed by atoms with E-state index in [1.165, 1.54) is 0 Å². The van der Waals surface area contributed by atoms with Gasteiger partial charge in [-0.05, 0) is 32.9 Å². The Kier molecular flexibility index (Phi) is 6.08. The van der Waals surface area contributed by atoms with Crippen molar-refractivity contribution >= 4 is 11.7 Å². The Labute approximate surface area is 115 Å². The standard InChI is InChI=1S/C13H26N4O2/c1-4-10-9-16(3)7-6-8-17(10)13(18)11(5-2)12(14)15-19/h10-11,19H,4-9H2,1-3H3,(H2,14,15). The van der Waals surface area contributed by atoms with Crippen LogP contribution in [0.3, 0.4) is 0 Å². The van der Waals surface area contributed by atoms with Gasteiger partial charge >= 0.3 is 0 Å². The molecule has 110 valence electrons. The number of nitrogens with zero attached hydrogens (tertiary/aromatic N) is 3. The van der Waals surface area contributed by atoms with E-state index in [1.807, 2.05) is 11.8 Å². The minimum absolute atomic E-state index is 0.0138. The first kappa shape index (κ1) is 15.8. The van der Waals surface area contributed by atoms with Crippen LogP contribution in [-0.4, -0.2) is 59.5 Å². The zero-order valence-corrected chi connectivity index (χ0v) is 12.2. The molecule has 0 aliphatic carbocycles. The third-order valence-corrected chi connectivity index (χ3v) is 3.84. The summed E-state index contributed by atoms with van der Waals surface area (Å²) in [5.41, 5.74) is 5.63. The quantitative estimate of drug-likeness (QED) is 0.341. The molecule has 0 aromatic rings. The van der Waals surface area contributed by atoms with Gasteiger partial charge in [0.25, 0.3) is 0 Å². The maximum atomic E-state index is 12.6. The molecule has 6 nitrogen and oxygen atoms in total. The molecule has 1 aliphatic rings. The van der Waals surface area contributed by atoms with Gasteiger partial charge in [0.05, 0.1) is 5.92 Å². The summed E-state index contributed by atoms with van der Waals surface area (Å²) in [5, 5.41) is 11.8.